The van der Waals surface area contributed by atoms with E-state index >= 15 is 0 Å². The van der Waals surface area contributed by atoms with E-state index in [0.29, 0.717) is 12.1 Å². The van der Waals surface area contributed by atoms with Crippen molar-refractivity contribution in [3.05, 3.63) is 102 Å². The number of hydrogen-bond donors (Lipinski definition) is 2. The number of nitrogens with zero attached hydrogens (tertiary/aromatic N) is 1. The van der Waals surface area contributed by atoms with Crippen LogP contribution in [-0.4, -0.2) is 23.9 Å². The van der Waals surface area contributed by atoms with Crippen LogP contribution in [0.15, 0.2) is 85.2 Å². The van der Waals surface area contributed by atoms with Crippen LogP contribution in [0.1, 0.15) is 33.8 Å². The maximum absolute atomic E-state index is 12.7. The predicted octanol–water partition coefficient (Wildman–Crippen LogP) is 4.92. The minimum absolute atomic E-state index is 0.0275. The standard InChI is InChI=1S/C28H25N3O3/c1-34-24-10-2-18(3-11-24)16-30-27(32)20-6-4-19(5-7-20)25-15-26(25)28(33)31-23-9-8-22-17-29-13-12-21(22)14-23/h2-14,17,25-26H,15-16H2,1H3,(H,30,32)(H,31,33)/t25-,26+/m0/s1. The highest BCUT2D eigenvalue weighted by Gasteiger charge is 2.43. The number of carbonyl (C=O) groups is 2. The molecular formula is C28H25N3O3. The van der Waals surface area contributed by atoms with Crippen LogP contribution in [0.2, 0.25) is 0 Å². The third kappa shape index (κ3) is 4.76. The zero-order valence-corrected chi connectivity index (χ0v) is 18.8. The van der Waals surface area contributed by atoms with Gasteiger partial charge in [-0.3, -0.25) is 14.6 Å². The Morgan fingerprint density at radius 3 is 2.53 bits per heavy atom. The van der Waals surface area contributed by atoms with Crippen LogP contribution in [0, 0.1) is 5.92 Å². The van der Waals surface area contributed by atoms with Gasteiger partial charge in [0.25, 0.3) is 5.91 Å². The number of fused-ring (bicyclic) bond motifs is 1. The van der Waals surface area contributed by atoms with Gasteiger partial charge in [-0.25, -0.2) is 0 Å². The van der Waals surface area contributed by atoms with E-state index in [1.807, 2.05) is 72.8 Å². The Morgan fingerprint density at radius 2 is 1.76 bits per heavy atom. The average molecular weight is 452 g/mol. The van der Waals surface area contributed by atoms with Gasteiger partial charge in [0.15, 0.2) is 0 Å². The quantitative estimate of drug-likeness (QED) is 0.418. The van der Waals surface area contributed by atoms with E-state index < -0.39 is 0 Å². The van der Waals surface area contributed by atoms with Crippen molar-refractivity contribution >= 4 is 28.3 Å². The molecule has 2 N–H and O–H groups in total. The highest BCUT2D eigenvalue weighted by atomic mass is 16.5. The number of amides is 2. The molecular weight excluding hydrogens is 426 g/mol. The lowest BCUT2D eigenvalue weighted by Gasteiger charge is -2.08. The van der Waals surface area contributed by atoms with Crippen LogP contribution >= 0.6 is 0 Å². The molecule has 3 aromatic carbocycles. The molecule has 0 saturated heterocycles. The second-order valence-corrected chi connectivity index (χ2v) is 8.53. The first-order valence-electron chi connectivity index (χ1n) is 11.3. The topological polar surface area (TPSA) is 80.3 Å². The van der Waals surface area contributed by atoms with Crippen molar-refractivity contribution in [1.82, 2.24) is 10.3 Å². The lowest BCUT2D eigenvalue weighted by molar-refractivity contribution is -0.117. The van der Waals surface area contributed by atoms with E-state index in [1.165, 1.54) is 0 Å². The first-order chi connectivity index (χ1) is 16.6. The number of rotatable bonds is 7. The van der Waals surface area contributed by atoms with Crippen molar-refractivity contribution in [1.29, 1.82) is 0 Å². The summed E-state index contributed by atoms with van der Waals surface area (Å²) in [4.78, 5) is 29.4. The fourth-order valence-corrected chi connectivity index (χ4v) is 4.16. The summed E-state index contributed by atoms with van der Waals surface area (Å²) >= 11 is 0. The molecule has 170 valence electrons. The second kappa shape index (κ2) is 9.35. The van der Waals surface area contributed by atoms with Crippen LogP contribution in [0.3, 0.4) is 0 Å². The molecule has 0 radical (unpaired) electrons. The highest BCUT2D eigenvalue weighted by Crippen LogP contribution is 2.48. The van der Waals surface area contributed by atoms with Crippen LogP contribution in [0.5, 0.6) is 5.75 Å². The number of pyridine rings is 1. The SMILES string of the molecule is COc1ccc(CNC(=O)c2ccc([C@@H]3C[C@H]3C(=O)Nc3ccc4cnccc4c3)cc2)cc1. The highest BCUT2D eigenvalue weighted by molar-refractivity contribution is 5.97. The summed E-state index contributed by atoms with van der Waals surface area (Å²) in [6.07, 6.45) is 4.36. The third-order valence-corrected chi connectivity index (χ3v) is 6.25. The number of methoxy groups -OCH3 is 1. The number of carbonyl (C=O) groups excluding carboxylic acids is 2. The molecule has 2 amide bonds. The molecule has 4 aromatic rings. The van der Waals surface area contributed by atoms with Crippen molar-refractivity contribution in [3.63, 3.8) is 0 Å². The number of benzene rings is 3. The average Bonchev–Trinajstić information content (AvgIpc) is 3.69. The molecule has 6 heteroatoms. The Hall–Kier alpha value is -4.19. The third-order valence-electron chi connectivity index (χ3n) is 6.25. The molecule has 5 rings (SSSR count). The van der Waals surface area contributed by atoms with Gasteiger partial charge in [-0.1, -0.05) is 30.3 Å². The molecule has 1 fully saturated rings. The maximum Gasteiger partial charge on any atom is 0.251 e. The van der Waals surface area contributed by atoms with Crippen molar-refractivity contribution in [3.8, 4) is 5.75 Å². The van der Waals surface area contributed by atoms with Crippen LogP contribution < -0.4 is 15.4 Å². The molecule has 2 atom stereocenters. The van der Waals surface area contributed by atoms with Gasteiger partial charge in [0.1, 0.15) is 5.75 Å². The molecule has 0 unspecified atom stereocenters. The van der Waals surface area contributed by atoms with Gasteiger partial charge < -0.3 is 15.4 Å². The molecule has 6 nitrogen and oxygen atoms in total. The summed E-state index contributed by atoms with van der Waals surface area (Å²) in [7, 11) is 1.62. The van der Waals surface area contributed by atoms with Crippen molar-refractivity contribution < 1.29 is 14.3 Å². The Morgan fingerprint density at radius 1 is 0.971 bits per heavy atom. The molecule has 34 heavy (non-hydrogen) atoms. The first kappa shape index (κ1) is 21.6. The Kier molecular flexibility index (Phi) is 5.95. The van der Waals surface area contributed by atoms with Gasteiger partial charge in [-0.15, -0.1) is 0 Å². The predicted molar refractivity (Wildman–Crippen MR) is 132 cm³/mol. The Balaban J connectivity index is 1.15. The zero-order valence-electron chi connectivity index (χ0n) is 18.8. The van der Waals surface area contributed by atoms with E-state index in [-0.39, 0.29) is 23.7 Å². The summed E-state index contributed by atoms with van der Waals surface area (Å²) in [6.45, 7) is 0.445. The number of aromatic nitrogens is 1. The van der Waals surface area contributed by atoms with E-state index in [9.17, 15) is 9.59 Å². The second-order valence-electron chi connectivity index (χ2n) is 8.53. The Labute approximate surface area is 198 Å². The van der Waals surface area contributed by atoms with Crippen molar-refractivity contribution in [2.75, 3.05) is 12.4 Å². The maximum atomic E-state index is 12.7. The fourth-order valence-electron chi connectivity index (χ4n) is 4.16. The lowest BCUT2D eigenvalue weighted by atomic mass is 10.1. The molecule has 1 aliphatic rings. The number of ether oxygens (including phenoxy) is 1. The lowest BCUT2D eigenvalue weighted by Crippen LogP contribution is -2.22. The van der Waals surface area contributed by atoms with Crippen LogP contribution in [-0.2, 0) is 11.3 Å². The smallest absolute Gasteiger partial charge is 0.251 e. The van der Waals surface area contributed by atoms with Crippen molar-refractivity contribution in [2.24, 2.45) is 5.92 Å². The van der Waals surface area contributed by atoms with Gasteiger partial charge in [0.2, 0.25) is 5.91 Å². The normalized spacial score (nSPS) is 16.6. The summed E-state index contributed by atoms with van der Waals surface area (Å²) in [5.41, 5.74) is 3.47. The number of hydrogen-bond acceptors (Lipinski definition) is 4. The van der Waals surface area contributed by atoms with E-state index in [1.54, 1.807) is 19.5 Å². The van der Waals surface area contributed by atoms with E-state index in [0.717, 1.165) is 39.8 Å². The molecule has 1 heterocycles. The number of nitrogens with one attached hydrogen (secondary N) is 2. The summed E-state index contributed by atoms with van der Waals surface area (Å²) < 4.78 is 5.15. The molecule has 1 aromatic heterocycles. The van der Waals surface area contributed by atoms with Gasteiger partial charge in [-0.2, -0.15) is 0 Å². The molecule has 1 saturated carbocycles. The minimum atomic E-state index is -0.126. The molecule has 0 bridgehead atoms. The first-order valence-corrected chi connectivity index (χ1v) is 11.3. The van der Waals surface area contributed by atoms with Crippen molar-refractivity contribution in [2.45, 2.75) is 18.9 Å². The summed E-state index contributed by atoms with van der Waals surface area (Å²) in [5, 5.41) is 8.05. The Bertz CT molecular complexity index is 1330. The summed E-state index contributed by atoms with van der Waals surface area (Å²) in [5.74, 6) is 0.815. The van der Waals surface area contributed by atoms with Crippen LogP contribution in [0.4, 0.5) is 5.69 Å². The van der Waals surface area contributed by atoms with E-state index in [2.05, 4.69) is 15.6 Å². The fraction of sp³-hybridized carbons (Fsp3) is 0.179. The van der Waals surface area contributed by atoms with Crippen LogP contribution in [0.25, 0.3) is 10.8 Å². The monoisotopic (exact) mass is 451 g/mol. The number of anilines is 1. The van der Waals surface area contributed by atoms with Gasteiger partial charge >= 0.3 is 0 Å². The van der Waals surface area contributed by atoms with Gasteiger partial charge in [0, 0.05) is 41.5 Å². The van der Waals surface area contributed by atoms with E-state index in [4.69, 9.17) is 4.74 Å². The largest absolute Gasteiger partial charge is 0.497 e. The molecule has 1 aliphatic carbocycles. The molecule has 0 aliphatic heterocycles. The molecule has 0 spiro atoms. The van der Waals surface area contributed by atoms with Gasteiger partial charge in [0.05, 0.1) is 7.11 Å². The summed E-state index contributed by atoms with van der Waals surface area (Å²) in [6, 6.07) is 22.9. The zero-order chi connectivity index (χ0) is 23.5. The van der Waals surface area contributed by atoms with Gasteiger partial charge in [-0.05, 0) is 71.3 Å². The minimum Gasteiger partial charge on any atom is -0.497 e.